The van der Waals surface area contributed by atoms with Crippen LogP contribution < -0.4 is 10.1 Å². The third-order valence-electron chi connectivity index (χ3n) is 5.20. The lowest BCUT2D eigenvalue weighted by atomic mass is 10.1. The lowest BCUT2D eigenvalue weighted by Gasteiger charge is -2.15. The maximum atomic E-state index is 13.1. The van der Waals surface area contributed by atoms with E-state index in [4.69, 9.17) is 9.73 Å². The number of para-hydroxylation sites is 2. The lowest BCUT2D eigenvalue weighted by Crippen LogP contribution is -2.35. The van der Waals surface area contributed by atoms with Gasteiger partial charge in [0, 0.05) is 12.5 Å². The SMILES string of the molecule is COc1ccccc1NC(=O)CC1SC(=Nc2ccc(C)cc2C)N(C2CC2)C1=O. The molecule has 1 N–H and O–H groups in total. The van der Waals surface area contributed by atoms with Crippen molar-refractivity contribution in [3.05, 3.63) is 53.6 Å². The van der Waals surface area contributed by atoms with Gasteiger partial charge in [0.1, 0.15) is 11.0 Å². The number of amides is 2. The average molecular weight is 424 g/mol. The van der Waals surface area contributed by atoms with Gasteiger partial charge in [0.2, 0.25) is 11.8 Å². The number of hydrogen-bond donors (Lipinski definition) is 1. The molecule has 1 heterocycles. The molecule has 1 aliphatic carbocycles. The first kappa shape index (κ1) is 20.5. The number of aliphatic imine (C=N–C) groups is 1. The van der Waals surface area contributed by atoms with Crippen molar-refractivity contribution in [1.82, 2.24) is 4.90 Å². The molecule has 1 atom stereocenters. The summed E-state index contributed by atoms with van der Waals surface area (Å²) in [5, 5.41) is 3.09. The Labute approximate surface area is 180 Å². The number of benzene rings is 2. The second kappa shape index (κ2) is 8.52. The number of methoxy groups -OCH3 is 1. The van der Waals surface area contributed by atoms with Crippen LogP contribution in [0.3, 0.4) is 0 Å². The summed E-state index contributed by atoms with van der Waals surface area (Å²) >= 11 is 1.39. The monoisotopic (exact) mass is 423 g/mol. The summed E-state index contributed by atoms with van der Waals surface area (Å²) in [4.78, 5) is 32.3. The van der Waals surface area contributed by atoms with Gasteiger partial charge in [-0.1, -0.05) is 41.6 Å². The molecule has 1 saturated heterocycles. The molecule has 2 aromatic rings. The van der Waals surface area contributed by atoms with Gasteiger partial charge in [0.05, 0.1) is 18.5 Å². The zero-order valence-electron chi connectivity index (χ0n) is 17.3. The van der Waals surface area contributed by atoms with E-state index >= 15 is 0 Å². The first-order valence-electron chi connectivity index (χ1n) is 10.0. The van der Waals surface area contributed by atoms with E-state index in [2.05, 4.69) is 11.4 Å². The van der Waals surface area contributed by atoms with E-state index in [0.717, 1.165) is 24.1 Å². The molecule has 30 heavy (non-hydrogen) atoms. The molecule has 1 saturated carbocycles. The third-order valence-corrected chi connectivity index (χ3v) is 6.35. The zero-order chi connectivity index (χ0) is 21.3. The summed E-state index contributed by atoms with van der Waals surface area (Å²) in [7, 11) is 1.56. The normalized spacial score (nSPS) is 20.0. The molecular weight excluding hydrogens is 398 g/mol. The Balaban J connectivity index is 1.51. The van der Waals surface area contributed by atoms with E-state index < -0.39 is 5.25 Å². The van der Waals surface area contributed by atoms with Gasteiger partial charge in [-0.15, -0.1) is 0 Å². The van der Waals surface area contributed by atoms with Gasteiger partial charge in [-0.2, -0.15) is 0 Å². The van der Waals surface area contributed by atoms with Crippen molar-refractivity contribution in [2.24, 2.45) is 4.99 Å². The van der Waals surface area contributed by atoms with Crippen LogP contribution in [0.4, 0.5) is 11.4 Å². The quantitative estimate of drug-likeness (QED) is 0.746. The van der Waals surface area contributed by atoms with Crippen LogP contribution in [0.2, 0.25) is 0 Å². The molecule has 0 radical (unpaired) electrons. The number of hydrogen-bond acceptors (Lipinski definition) is 5. The molecule has 4 rings (SSSR count). The van der Waals surface area contributed by atoms with Crippen molar-refractivity contribution >= 4 is 40.1 Å². The number of carbonyl (C=O) groups excluding carboxylic acids is 2. The fourth-order valence-electron chi connectivity index (χ4n) is 3.51. The number of ether oxygens (including phenoxy) is 1. The molecule has 0 bridgehead atoms. The highest BCUT2D eigenvalue weighted by molar-refractivity contribution is 8.15. The van der Waals surface area contributed by atoms with Crippen molar-refractivity contribution in [2.45, 2.75) is 44.4 Å². The van der Waals surface area contributed by atoms with Gasteiger partial charge in [-0.3, -0.25) is 14.5 Å². The molecule has 0 spiro atoms. The molecule has 6 nitrogen and oxygen atoms in total. The molecule has 1 aliphatic heterocycles. The second-order valence-corrected chi connectivity index (χ2v) is 8.85. The summed E-state index contributed by atoms with van der Waals surface area (Å²) in [5.74, 6) is 0.350. The molecule has 156 valence electrons. The number of nitrogens with zero attached hydrogens (tertiary/aromatic N) is 2. The number of nitrogens with one attached hydrogen (secondary N) is 1. The number of aryl methyl sites for hydroxylation is 2. The Morgan fingerprint density at radius 1 is 1.23 bits per heavy atom. The number of rotatable bonds is 6. The first-order valence-corrected chi connectivity index (χ1v) is 10.9. The number of thioether (sulfide) groups is 1. The largest absolute Gasteiger partial charge is 0.495 e. The van der Waals surface area contributed by atoms with Crippen LogP contribution in [-0.2, 0) is 9.59 Å². The molecule has 2 fully saturated rings. The Kier molecular flexibility index (Phi) is 5.81. The molecule has 2 amide bonds. The van der Waals surface area contributed by atoms with Crippen molar-refractivity contribution in [2.75, 3.05) is 12.4 Å². The standard InChI is InChI=1S/C23H25N3O3S/c1-14-8-11-17(15(2)12-14)25-23-26(16-9-10-16)22(28)20(30-23)13-21(27)24-18-6-4-5-7-19(18)29-3/h4-8,11-12,16,20H,9-10,13H2,1-3H3,(H,24,27). The number of amidine groups is 1. The minimum atomic E-state index is -0.468. The van der Waals surface area contributed by atoms with Gasteiger partial charge >= 0.3 is 0 Å². The van der Waals surface area contributed by atoms with Gasteiger partial charge in [-0.05, 0) is 50.5 Å². The summed E-state index contributed by atoms with van der Waals surface area (Å²) < 4.78 is 5.28. The summed E-state index contributed by atoms with van der Waals surface area (Å²) in [6, 6.07) is 13.5. The average Bonchev–Trinajstić information content (AvgIpc) is 3.50. The summed E-state index contributed by atoms with van der Waals surface area (Å²) in [6.45, 7) is 4.07. The van der Waals surface area contributed by atoms with E-state index in [9.17, 15) is 9.59 Å². The Bertz CT molecular complexity index is 1020. The lowest BCUT2D eigenvalue weighted by molar-refractivity contribution is -0.128. The maximum absolute atomic E-state index is 13.1. The number of anilines is 1. The predicted octanol–water partition coefficient (Wildman–Crippen LogP) is 4.43. The van der Waals surface area contributed by atoms with Crippen LogP contribution >= 0.6 is 11.8 Å². The Hall–Kier alpha value is -2.80. The topological polar surface area (TPSA) is 71.0 Å². The fraction of sp³-hybridized carbons (Fsp3) is 0.348. The van der Waals surface area contributed by atoms with Crippen LogP contribution in [-0.4, -0.2) is 40.3 Å². The molecule has 2 aromatic carbocycles. The van der Waals surface area contributed by atoms with E-state index in [1.165, 1.54) is 17.3 Å². The smallest absolute Gasteiger partial charge is 0.242 e. The van der Waals surface area contributed by atoms with Crippen LogP contribution in [0.1, 0.15) is 30.4 Å². The van der Waals surface area contributed by atoms with Crippen LogP contribution in [0.5, 0.6) is 5.75 Å². The predicted molar refractivity (Wildman–Crippen MR) is 120 cm³/mol. The Morgan fingerprint density at radius 2 is 2.00 bits per heavy atom. The van der Waals surface area contributed by atoms with E-state index in [0.29, 0.717) is 16.6 Å². The molecule has 2 aliphatic rings. The second-order valence-electron chi connectivity index (χ2n) is 7.68. The van der Waals surface area contributed by atoms with E-state index in [-0.39, 0.29) is 24.3 Å². The van der Waals surface area contributed by atoms with Crippen molar-refractivity contribution in [3.63, 3.8) is 0 Å². The van der Waals surface area contributed by atoms with Crippen LogP contribution in [0, 0.1) is 13.8 Å². The van der Waals surface area contributed by atoms with Gasteiger partial charge in [0.25, 0.3) is 0 Å². The zero-order valence-corrected chi connectivity index (χ0v) is 18.2. The number of carbonyl (C=O) groups is 2. The van der Waals surface area contributed by atoms with Crippen LogP contribution in [0.15, 0.2) is 47.5 Å². The van der Waals surface area contributed by atoms with E-state index in [1.54, 1.807) is 24.1 Å². The minimum absolute atomic E-state index is 0.0267. The highest BCUT2D eigenvalue weighted by Crippen LogP contribution is 2.40. The molecule has 0 aromatic heterocycles. The van der Waals surface area contributed by atoms with Gasteiger partial charge < -0.3 is 10.1 Å². The first-order chi connectivity index (χ1) is 14.5. The maximum Gasteiger partial charge on any atom is 0.242 e. The van der Waals surface area contributed by atoms with Gasteiger partial charge in [0.15, 0.2) is 5.17 Å². The molecular formula is C23H25N3O3S. The van der Waals surface area contributed by atoms with Crippen LogP contribution in [0.25, 0.3) is 0 Å². The van der Waals surface area contributed by atoms with Crippen molar-refractivity contribution < 1.29 is 14.3 Å². The fourth-order valence-corrected chi connectivity index (χ4v) is 4.72. The third kappa shape index (κ3) is 4.36. The van der Waals surface area contributed by atoms with Gasteiger partial charge in [-0.25, -0.2) is 4.99 Å². The highest BCUT2D eigenvalue weighted by Gasteiger charge is 2.46. The Morgan fingerprint density at radius 3 is 2.70 bits per heavy atom. The summed E-state index contributed by atoms with van der Waals surface area (Å²) in [5.41, 5.74) is 3.71. The van der Waals surface area contributed by atoms with Crippen molar-refractivity contribution in [3.8, 4) is 5.75 Å². The van der Waals surface area contributed by atoms with E-state index in [1.807, 2.05) is 38.1 Å². The molecule has 1 unspecified atom stereocenters. The minimum Gasteiger partial charge on any atom is -0.495 e. The molecule has 7 heteroatoms. The van der Waals surface area contributed by atoms with Crippen molar-refractivity contribution in [1.29, 1.82) is 0 Å². The highest BCUT2D eigenvalue weighted by atomic mass is 32.2. The summed E-state index contributed by atoms with van der Waals surface area (Å²) in [6.07, 6.45) is 2.06.